The van der Waals surface area contributed by atoms with Crippen molar-refractivity contribution in [2.24, 2.45) is 0 Å². The van der Waals surface area contributed by atoms with Crippen molar-refractivity contribution in [3.8, 4) is 78.1 Å². The van der Waals surface area contributed by atoms with E-state index in [1.165, 1.54) is 71.6 Å². The Morgan fingerprint density at radius 3 is 1.59 bits per heavy atom. The van der Waals surface area contributed by atoms with Crippen LogP contribution in [-0.2, 0) is 0 Å². The Morgan fingerprint density at radius 1 is 0.296 bits per heavy atom. The average Bonchev–Trinajstić information content (AvgIpc) is 3.58. The Kier molecular flexibility index (Phi) is 6.86. The van der Waals surface area contributed by atoms with E-state index in [2.05, 4.69) is 151 Å². The zero-order valence-electron chi connectivity index (χ0n) is 29.2. The molecule has 0 saturated heterocycles. The van der Waals surface area contributed by atoms with Gasteiger partial charge in [0.25, 0.3) is 0 Å². The van der Waals surface area contributed by atoms with E-state index in [4.69, 9.17) is 9.97 Å². The third kappa shape index (κ3) is 4.65. The molecular weight excluding hydrogens is 655 g/mol. The maximum atomic E-state index is 4.87. The van der Waals surface area contributed by atoms with Crippen LogP contribution in [0.4, 0.5) is 0 Å². The molecule has 0 spiro atoms. The van der Waals surface area contributed by atoms with E-state index in [-0.39, 0.29) is 0 Å². The molecule has 0 unspecified atom stereocenters. The predicted molar refractivity (Wildman–Crippen MR) is 224 cm³/mol. The molecule has 0 amide bonds. The summed E-state index contributed by atoms with van der Waals surface area (Å²) >= 11 is 0. The number of aromatic nitrogens is 3. The first-order valence-corrected chi connectivity index (χ1v) is 18.3. The van der Waals surface area contributed by atoms with Gasteiger partial charge in [-0.05, 0) is 113 Å². The second-order valence-electron chi connectivity index (χ2n) is 13.9. The second kappa shape index (κ2) is 12.2. The van der Waals surface area contributed by atoms with Crippen molar-refractivity contribution in [3.63, 3.8) is 0 Å². The number of hydrogen-bond acceptors (Lipinski definition) is 3. The van der Waals surface area contributed by atoms with Gasteiger partial charge < -0.3 is 0 Å². The van der Waals surface area contributed by atoms with Crippen LogP contribution in [0.5, 0.6) is 0 Å². The van der Waals surface area contributed by atoms with Crippen LogP contribution in [0.1, 0.15) is 0 Å². The van der Waals surface area contributed by atoms with Gasteiger partial charge in [-0.1, -0.05) is 140 Å². The first kappa shape index (κ1) is 30.4. The van der Waals surface area contributed by atoms with E-state index in [9.17, 15) is 0 Å². The van der Waals surface area contributed by atoms with Gasteiger partial charge in [-0.3, -0.25) is 15.0 Å². The highest BCUT2D eigenvalue weighted by atomic mass is 14.8. The highest BCUT2D eigenvalue weighted by Gasteiger charge is 2.31. The van der Waals surface area contributed by atoms with E-state index in [0.717, 1.165) is 39.0 Å². The minimum absolute atomic E-state index is 0.856. The van der Waals surface area contributed by atoms with E-state index >= 15 is 0 Å². The third-order valence-electron chi connectivity index (χ3n) is 11.0. The van der Waals surface area contributed by atoms with Crippen molar-refractivity contribution in [2.45, 2.75) is 0 Å². The van der Waals surface area contributed by atoms with Crippen LogP contribution in [-0.4, -0.2) is 15.0 Å². The lowest BCUT2D eigenvalue weighted by atomic mass is 9.82. The van der Waals surface area contributed by atoms with E-state index in [0.29, 0.717) is 0 Å². The molecule has 3 aromatic heterocycles. The molecule has 0 bridgehead atoms. The fourth-order valence-electron chi connectivity index (χ4n) is 8.65. The maximum absolute atomic E-state index is 4.87. The van der Waals surface area contributed by atoms with Crippen LogP contribution >= 0.6 is 0 Å². The molecule has 250 valence electrons. The fourth-order valence-corrected chi connectivity index (χ4v) is 8.65. The molecule has 0 fully saturated rings. The smallest absolute Gasteiger partial charge is 0.0886 e. The molecule has 3 heterocycles. The zero-order valence-corrected chi connectivity index (χ0v) is 29.2. The van der Waals surface area contributed by atoms with Gasteiger partial charge in [0.05, 0.1) is 16.9 Å². The van der Waals surface area contributed by atoms with Crippen LogP contribution in [0.25, 0.3) is 111 Å². The van der Waals surface area contributed by atoms with Gasteiger partial charge >= 0.3 is 0 Å². The van der Waals surface area contributed by atoms with Gasteiger partial charge in [0.1, 0.15) is 0 Å². The number of nitrogens with zero attached hydrogens (tertiary/aromatic N) is 3. The SMILES string of the molecule is c1ccc(-c2c3c(c(-c4ccccc4)c4ccccc24)-c2ccc(-c4ccc5c(-c6ccc(-c7ccccn7)nc6)ccnc5c4)c4cccc-3c24)cc1. The van der Waals surface area contributed by atoms with Crippen molar-refractivity contribution in [2.75, 3.05) is 0 Å². The fraction of sp³-hybridized carbons (Fsp3) is 0. The van der Waals surface area contributed by atoms with Gasteiger partial charge in [-0.25, -0.2) is 0 Å². The number of hydrogen-bond donors (Lipinski definition) is 0. The van der Waals surface area contributed by atoms with Crippen molar-refractivity contribution in [1.82, 2.24) is 15.0 Å². The number of rotatable bonds is 5. The molecule has 1 aliphatic rings. The summed E-state index contributed by atoms with van der Waals surface area (Å²) in [5.41, 5.74) is 17.4. The molecule has 1 aliphatic carbocycles. The largest absolute Gasteiger partial charge is 0.256 e. The van der Waals surface area contributed by atoms with Crippen LogP contribution in [0.15, 0.2) is 188 Å². The summed E-state index contributed by atoms with van der Waals surface area (Å²) in [4.78, 5) is 14.1. The van der Waals surface area contributed by atoms with Crippen LogP contribution in [0.3, 0.4) is 0 Å². The summed E-state index contributed by atoms with van der Waals surface area (Å²) in [5, 5.41) is 6.18. The molecule has 0 aliphatic heterocycles. The predicted octanol–water partition coefficient (Wildman–Crippen LogP) is 13.3. The Labute approximate surface area is 312 Å². The van der Waals surface area contributed by atoms with E-state index in [1.807, 2.05) is 36.7 Å². The Morgan fingerprint density at radius 2 is 0.907 bits per heavy atom. The van der Waals surface area contributed by atoms with E-state index in [1.54, 1.807) is 6.20 Å². The molecule has 3 nitrogen and oxygen atoms in total. The Hall–Kier alpha value is -7.23. The van der Waals surface area contributed by atoms with Gasteiger partial charge in [-0.2, -0.15) is 0 Å². The van der Waals surface area contributed by atoms with Crippen LogP contribution in [0.2, 0.25) is 0 Å². The zero-order chi connectivity index (χ0) is 35.6. The van der Waals surface area contributed by atoms with Crippen molar-refractivity contribution in [1.29, 1.82) is 0 Å². The van der Waals surface area contributed by atoms with Gasteiger partial charge in [0.15, 0.2) is 0 Å². The summed E-state index contributed by atoms with van der Waals surface area (Å²) in [6.45, 7) is 0. The van der Waals surface area contributed by atoms with Crippen molar-refractivity contribution < 1.29 is 0 Å². The standard InChI is InChI=1S/C51H31N3/c1-3-12-32(13-4-1)47-40-16-7-8-17-41(40)48(33-14-5-2-6-15-33)51-43-25-24-36(39-18-11-19-42(49(39)43)50(47)51)34-21-23-38-37(27-29-53-46(38)30-34)35-22-26-45(54-31-35)44-20-9-10-28-52-44/h1-31H. The summed E-state index contributed by atoms with van der Waals surface area (Å²) < 4.78 is 0. The average molecular weight is 686 g/mol. The number of benzene rings is 7. The maximum Gasteiger partial charge on any atom is 0.0886 e. The van der Waals surface area contributed by atoms with E-state index < -0.39 is 0 Å². The highest BCUT2D eigenvalue weighted by Crippen LogP contribution is 2.58. The second-order valence-corrected chi connectivity index (χ2v) is 13.9. The highest BCUT2D eigenvalue weighted by molar-refractivity contribution is 6.28. The first-order valence-electron chi connectivity index (χ1n) is 18.3. The summed E-state index contributed by atoms with van der Waals surface area (Å²) in [6.07, 6.45) is 5.63. The molecule has 0 radical (unpaired) electrons. The lowest BCUT2D eigenvalue weighted by Crippen LogP contribution is -1.93. The number of fused-ring (bicyclic) bond motifs is 5. The topological polar surface area (TPSA) is 38.7 Å². The lowest BCUT2D eigenvalue weighted by molar-refractivity contribution is 1.25. The summed E-state index contributed by atoms with van der Waals surface area (Å²) in [5.74, 6) is 0. The summed E-state index contributed by atoms with van der Waals surface area (Å²) in [6, 6.07) is 61.0. The molecular formula is C51H31N3. The molecule has 0 N–H and O–H groups in total. The Bertz CT molecular complexity index is 2970. The number of pyridine rings is 3. The molecule has 3 heteroatoms. The lowest BCUT2D eigenvalue weighted by Gasteiger charge is -2.20. The van der Waals surface area contributed by atoms with Crippen LogP contribution in [0, 0.1) is 0 Å². The molecule has 7 aromatic carbocycles. The monoisotopic (exact) mass is 685 g/mol. The summed E-state index contributed by atoms with van der Waals surface area (Å²) in [7, 11) is 0. The molecule has 0 saturated carbocycles. The first-order chi connectivity index (χ1) is 26.8. The normalized spacial score (nSPS) is 11.7. The minimum Gasteiger partial charge on any atom is -0.256 e. The third-order valence-corrected chi connectivity index (χ3v) is 11.0. The van der Waals surface area contributed by atoms with Crippen molar-refractivity contribution in [3.05, 3.63) is 188 Å². The van der Waals surface area contributed by atoms with Crippen molar-refractivity contribution >= 4 is 32.4 Å². The molecule has 0 atom stereocenters. The quantitative estimate of drug-likeness (QED) is 0.181. The van der Waals surface area contributed by atoms with Gasteiger partial charge in [0, 0.05) is 29.5 Å². The molecule has 11 rings (SSSR count). The van der Waals surface area contributed by atoms with Gasteiger partial charge in [-0.15, -0.1) is 0 Å². The van der Waals surface area contributed by atoms with Gasteiger partial charge in [0.2, 0.25) is 0 Å². The molecule has 10 aromatic rings. The Balaban J connectivity index is 1.11. The van der Waals surface area contributed by atoms with Crippen LogP contribution < -0.4 is 0 Å². The minimum atomic E-state index is 0.856. The molecule has 54 heavy (non-hydrogen) atoms.